The number of guanidine groups is 1. The number of nitrogens with zero attached hydrogens (tertiary/aromatic N) is 1. The fourth-order valence-electron chi connectivity index (χ4n) is 2.40. The average molecular weight is 473 g/mol. The molecule has 0 spiro atoms. The van der Waals surface area contributed by atoms with Gasteiger partial charge in [0.1, 0.15) is 5.75 Å². The van der Waals surface area contributed by atoms with Crippen molar-refractivity contribution in [3.05, 3.63) is 51.7 Å². The summed E-state index contributed by atoms with van der Waals surface area (Å²) in [7, 11) is 1.68. The zero-order valence-electron chi connectivity index (χ0n) is 15.3. The Hall–Kier alpha value is -1.28. The molecule has 1 unspecified atom stereocenters. The summed E-state index contributed by atoms with van der Waals surface area (Å²) in [5.41, 5.74) is 1.16. The summed E-state index contributed by atoms with van der Waals surface area (Å²) in [6.45, 7) is 7.91. The van der Waals surface area contributed by atoms with Crippen molar-refractivity contribution in [3.63, 3.8) is 0 Å². The average Bonchev–Trinajstić information content (AvgIpc) is 2.98. The summed E-state index contributed by atoms with van der Waals surface area (Å²) in [6.07, 6.45) is 1.01. The molecule has 138 valence electrons. The quantitative estimate of drug-likeness (QED) is 0.357. The third-order valence-electron chi connectivity index (χ3n) is 3.61. The van der Waals surface area contributed by atoms with Crippen molar-refractivity contribution >= 4 is 41.3 Å². The number of ether oxygens (including phenoxy) is 1. The highest BCUT2D eigenvalue weighted by molar-refractivity contribution is 14.0. The predicted molar refractivity (Wildman–Crippen MR) is 119 cm³/mol. The lowest BCUT2D eigenvalue weighted by molar-refractivity contribution is 0.414. The number of aliphatic imine (C=N–C) groups is 1. The molecule has 1 heterocycles. The maximum absolute atomic E-state index is 5.18. The van der Waals surface area contributed by atoms with Gasteiger partial charge in [0.15, 0.2) is 5.96 Å². The molecule has 2 N–H and O–H groups in total. The normalized spacial score (nSPS) is 12.2. The Kier molecular flexibility index (Phi) is 9.89. The van der Waals surface area contributed by atoms with Gasteiger partial charge in [-0.2, -0.15) is 0 Å². The molecular formula is C19H28IN3OS. The van der Waals surface area contributed by atoms with E-state index in [1.807, 2.05) is 35.6 Å². The molecule has 0 aliphatic heterocycles. The summed E-state index contributed by atoms with van der Waals surface area (Å²) < 4.78 is 5.18. The van der Waals surface area contributed by atoms with E-state index < -0.39 is 0 Å². The second-order valence-electron chi connectivity index (χ2n) is 5.81. The first-order valence-corrected chi connectivity index (χ1v) is 9.15. The Morgan fingerprint density at radius 2 is 1.92 bits per heavy atom. The van der Waals surface area contributed by atoms with Crippen LogP contribution in [0, 0.1) is 6.92 Å². The standard InChI is InChI=1S/C19H27N3OS.HI/c1-5-20-19(21-13-16-7-9-17(23-4)10-8-16)22-14(2)12-18-11-6-15(3)24-18;/h6-11,14H,5,12-13H2,1-4H3,(H2,20,21,22);1H. The van der Waals surface area contributed by atoms with Gasteiger partial charge in [-0.05, 0) is 50.6 Å². The summed E-state index contributed by atoms with van der Waals surface area (Å²) in [6, 6.07) is 12.7. The van der Waals surface area contributed by atoms with E-state index in [0.717, 1.165) is 30.2 Å². The van der Waals surface area contributed by atoms with Crippen LogP contribution in [0.4, 0.5) is 0 Å². The Morgan fingerprint density at radius 3 is 2.48 bits per heavy atom. The van der Waals surface area contributed by atoms with Gasteiger partial charge < -0.3 is 15.4 Å². The number of aryl methyl sites for hydroxylation is 1. The van der Waals surface area contributed by atoms with Gasteiger partial charge >= 0.3 is 0 Å². The highest BCUT2D eigenvalue weighted by atomic mass is 127. The molecule has 6 heteroatoms. The van der Waals surface area contributed by atoms with Crippen LogP contribution in [0.15, 0.2) is 41.4 Å². The van der Waals surface area contributed by atoms with Gasteiger partial charge in [-0.15, -0.1) is 35.3 Å². The Morgan fingerprint density at radius 1 is 1.20 bits per heavy atom. The molecule has 1 aromatic heterocycles. The number of thiophene rings is 1. The van der Waals surface area contributed by atoms with Crippen molar-refractivity contribution in [3.8, 4) is 5.75 Å². The highest BCUT2D eigenvalue weighted by Gasteiger charge is 2.07. The van der Waals surface area contributed by atoms with Crippen molar-refractivity contribution in [2.24, 2.45) is 4.99 Å². The van der Waals surface area contributed by atoms with Crippen molar-refractivity contribution in [2.45, 2.75) is 39.8 Å². The van der Waals surface area contributed by atoms with Crippen LogP contribution in [0.25, 0.3) is 0 Å². The van der Waals surface area contributed by atoms with Crippen molar-refractivity contribution < 1.29 is 4.74 Å². The molecule has 0 saturated carbocycles. The maximum Gasteiger partial charge on any atom is 0.191 e. The predicted octanol–water partition coefficient (Wildman–Crippen LogP) is 4.37. The molecule has 0 radical (unpaired) electrons. The van der Waals surface area contributed by atoms with Gasteiger partial charge in [0.05, 0.1) is 13.7 Å². The lowest BCUT2D eigenvalue weighted by Crippen LogP contribution is -2.43. The van der Waals surface area contributed by atoms with Crippen molar-refractivity contribution in [1.82, 2.24) is 10.6 Å². The molecule has 2 aromatic rings. The van der Waals surface area contributed by atoms with E-state index in [4.69, 9.17) is 4.74 Å². The lowest BCUT2D eigenvalue weighted by atomic mass is 10.2. The fraction of sp³-hybridized carbons (Fsp3) is 0.421. The molecule has 0 amide bonds. The van der Waals surface area contributed by atoms with Crippen LogP contribution in [-0.4, -0.2) is 25.7 Å². The van der Waals surface area contributed by atoms with Crippen LogP contribution < -0.4 is 15.4 Å². The maximum atomic E-state index is 5.18. The molecule has 1 aromatic carbocycles. The summed E-state index contributed by atoms with van der Waals surface area (Å²) in [5.74, 6) is 1.72. The Labute approximate surface area is 172 Å². The Bertz CT molecular complexity index is 655. The second kappa shape index (κ2) is 11.4. The minimum absolute atomic E-state index is 0. The van der Waals surface area contributed by atoms with Crippen LogP contribution in [0.1, 0.15) is 29.2 Å². The summed E-state index contributed by atoms with van der Waals surface area (Å²) in [4.78, 5) is 7.44. The Balaban J connectivity index is 0.00000312. The number of nitrogens with one attached hydrogen (secondary N) is 2. The smallest absolute Gasteiger partial charge is 0.191 e. The van der Waals surface area contributed by atoms with Crippen LogP contribution in [0.2, 0.25) is 0 Å². The van der Waals surface area contributed by atoms with Gasteiger partial charge in [0.2, 0.25) is 0 Å². The minimum atomic E-state index is 0. The van der Waals surface area contributed by atoms with Gasteiger partial charge in [-0.25, -0.2) is 4.99 Å². The molecule has 0 saturated heterocycles. The van der Waals surface area contributed by atoms with Crippen LogP contribution in [0.3, 0.4) is 0 Å². The summed E-state index contributed by atoms with van der Waals surface area (Å²) in [5, 5.41) is 6.80. The van der Waals surface area contributed by atoms with E-state index in [2.05, 4.69) is 48.5 Å². The monoisotopic (exact) mass is 473 g/mol. The van der Waals surface area contributed by atoms with Crippen LogP contribution in [-0.2, 0) is 13.0 Å². The largest absolute Gasteiger partial charge is 0.497 e. The van der Waals surface area contributed by atoms with E-state index in [-0.39, 0.29) is 24.0 Å². The van der Waals surface area contributed by atoms with Gasteiger partial charge in [0, 0.05) is 28.8 Å². The minimum Gasteiger partial charge on any atom is -0.497 e. The molecule has 4 nitrogen and oxygen atoms in total. The molecule has 1 atom stereocenters. The van der Waals surface area contributed by atoms with Gasteiger partial charge in [-0.1, -0.05) is 12.1 Å². The molecular weight excluding hydrogens is 445 g/mol. The van der Waals surface area contributed by atoms with E-state index in [1.54, 1.807) is 7.11 Å². The van der Waals surface area contributed by atoms with Gasteiger partial charge in [-0.3, -0.25) is 0 Å². The number of halogens is 1. The number of rotatable bonds is 7. The first-order chi connectivity index (χ1) is 11.6. The topological polar surface area (TPSA) is 45.7 Å². The first-order valence-electron chi connectivity index (χ1n) is 8.33. The van der Waals surface area contributed by atoms with Crippen LogP contribution in [0.5, 0.6) is 5.75 Å². The van der Waals surface area contributed by atoms with Crippen molar-refractivity contribution in [2.75, 3.05) is 13.7 Å². The van der Waals surface area contributed by atoms with Crippen molar-refractivity contribution in [1.29, 1.82) is 0 Å². The summed E-state index contributed by atoms with van der Waals surface area (Å²) >= 11 is 1.86. The van der Waals surface area contributed by atoms with E-state index in [1.165, 1.54) is 9.75 Å². The first kappa shape index (κ1) is 21.8. The molecule has 0 aliphatic rings. The zero-order chi connectivity index (χ0) is 17.4. The third-order valence-corrected chi connectivity index (χ3v) is 4.63. The second-order valence-corrected chi connectivity index (χ2v) is 7.18. The molecule has 25 heavy (non-hydrogen) atoms. The number of hydrogen-bond donors (Lipinski definition) is 2. The van der Waals surface area contributed by atoms with E-state index in [0.29, 0.717) is 12.6 Å². The van der Waals surface area contributed by atoms with Crippen LogP contribution >= 0.6 is 35.3 Å². The third kappa shape index (κ3) is 7.64. The van der Waals surface area contributed by atoms with E-state index in [9.17, 15) is 0 Å². The highest BCUT2D eigenvalue weighted by Crippen LogP contribution is 2.16. The molecule has 0 bridgehead atoms. The molecule has 0 fully saturated rings. The number of methoxy groups -OCH3 is 1. The van der Waals surface area contributed by atoms with E-state index >= 15 is 0 Å². The SMILES string of the molecule is CCNC(=NCc1ccc(OC)cc1)NC(C)Cc1ccc(C)s1.I. The number of benzene rings is 1. The fourth-order valence-corrected chi connectivity index (χ4v) is 3.42. The van der Waals surface area contributed by atoms with Gasteiger partial charge in [0.25, 0.3) is 0 Å². The lowest BCUT2D eigenvalue weighted by Gasteiger charge is -2.17. The zero-order valence-corrected chi connectivity index (χ0v) is 18.5. The molecule has 2 rings (SSSR count). The molecule has 0 aliphatic carbocycles. The number of hydrogen-bond acceptors (Lipinski definition) is 3.